The third kappa shape index (κ3) is 7.69. The highest BCUT2D eigenvalue weighted by atomic mass is 16.4. The van der Waals surface area contributed by atoms with Crippen LogP contribution in [0.2, 0.25) is 0 Å². The first-order valence-corrected chi connectivity index (χ1v) is 4.86. The van der Waals surface area contributed by atoms with Crippen molar-refractivity contribution in [3.63, 3.8) is 0 Å². The number of carboxylic acid groups (broad SMARTS) is 1. The second-order valence-electron chi connectivity index (χ2n) is 3.20. The van der Waals surface area contributed by atoms with E-state index in [-0.39, 0.29) is 0 Å². The number of hydrogen-bond acceptors (Lipinski definition) is 3. The molecular formula is C10H17NO4. The van der Waals surface area contributed by atoms with Crippen LogP contribution in [0.3, 0.4) is 0 Å². The van der Waals surface area contributed by atoms with Crippen LogP contribution in [0.4, 0.5) is 0 Å². The number of carbonyl (C=O) groups is 2. The molecule has 0 bridgehead atoms. The number of nitrogens with one attached hydrogen (secondary N) is 1. The van der Waals surface area contributed by atoms with E-state index in [0.29, 0.717) is 12.8 Å². The van der Waals surface area contributed by atoms with Gasteiger partial charge in [0, 0.05) is 0 Å². The molecule has 0 rings (SSSR count). The van der Waals surface area contributed by atoms with Crippen LogP contribution in [0.25, 0.3) is 0 Å². The van der Waals surface area contributed by atoms with Crippen LogP contribution in [0.15, 0.2) is 12.7 Å². The maximum absolute atomic E-state index is 11.1. The van der Waals surface area contributed by atoms with E-state index in [4.69, 9.17) is 5.11 Å². The van der Waals surface area contributed by atoms with E-state index in [9.17, 15) is 14.7 Å². The molecule has 86 valence electrons. The largest absolute Gasteiger partial charge is 0.480 e. The van der Waals surface area contributed by atoms with Gasteiger partial charge >= 0.3 is 5.97 Å². The van der Waals surface area contributed by atoms with Gasteiger partial charge in [-0.3, -0.25) is 9.59 Å². The second kappa shape index (κ2) is 7.99. The Balaban J connectivity index is 3.59. The van der Waals surface area contributed by atoms with Crippen LogP contribution in [-0.4, -0.2) is 34.7 Å². The molecule has 0 saturated carbocycles. The third-order valence-corrected chi connectivity index (χ3v) is 1.85. The molecule has 0 spiro atoms. The zero-order valence-electron chi connectivity index (χ0n) is 8.61. The third-order valence-electron chi connectivity index (χ3n) is 1.85. The van der Waals surface area contributed by atoms with Gasteiger partial charge in [0.25, 0.3) is 0 Å². The van der Waals surface area contributed by atoms with Crippen LogP contribution >= 0.6 is 0 Å². The molecular weight excluding hydrogens is 198 g/mol. The van der Waals surface area contributed by atoms with Crippen LogP contribution in [0.1, 0.15) is 25.7 Å². The van der Waals surface area contributed by atoms with E-state index in [2.05, 4.69) is 11.9 Å². The normalized spacial score (nSPS) is 11.8. The molecule has 0 fully saturated rings. The van der Waals surface area contributed by atoms with Crippen LogP contribution in [-0.2, 0) is 9.59 Å². The lowest BCUT2D eigenvalue weighted by molar-refractivity contribution is -0.139. The summed E-state index contributed by atoms with van der Waals surface area (Å²) in [5.41, 5.74) is 0. The quantitative estimate of drug-likeness (QED) is 0.401. The van der Waals surface area contributed by atoms with Gasteiger partial charge in [0.05, 0.1) is 0 Å². The molecule has 1 amide bonds. The average Bonchev–Trinajstić information content (AvgIpc) is 2.20. The number of carbonyl (C=O) groups excluding carboxylic acids is 1. The van der Waals surface area contributed by atoms with E-state index in [0.717, 1.165) is 12.8 Å². The molecule has 0 aliphatic carbocycles. The fourth-order valence-electron chi connectivity index (χ4n) is 1.04. The van der Waals surface area contributed by atoms with Crippen molar-refractivity contribution in [3.8, 4) is 0 Å². The van der Waals surface area contributed by atoms with Crippen molar-refractivity contribution >= 4 is 11.9 Å². The van der Waals surface area contributed by atoms with Gasteiger partial charge in [0.2, 0.25) is 5.91 Å². The molecule has 0 saturated heterocycles. The summed E-state index contributed by atoms with van der Waals surface area (Å²) in [7, 11) is 0. The number of hydrogen-bond donors (Lipinski definition) is 3. The zero-order valence-corrected chi connectivity index (χ0v) is 8.61. The van der Waals surface area contributed by atoms with E-state index < -0.39 is 24.5 Å². The minimum absolute atomic E-state index is 0.347. The summed E-state index contributed by atoms with van der Waals surface area (Å²) in [6, 6.07) is 0. The molecule has 0 aliphatic heterocycles. The number of aliphatic hydroxyl groups is 1. The highest BCUT2D eigenvalue weighted by molar-refractivity contribution is 5.84. The Bertz CT molecular complexity index is 227. The Kier molecular flexibility index (Phi) is 7.27. The molecule has 15 heavy (non-hydrogen) atoms. The average molecular weight is 215 g/mol. The Hall–Kier alpha value is -1.36. The highest BCUT2D eigenvalue weighted by Gasteiger charge is 2.14. The first-order chi connectivity index (χ1) is 7.07. The van der Waals surface area contributed by atoms with Crippen molar-refractivity contribution in [1.29, 1.82) is 0 Å². The molecule has 3 N–H and O–H groups in total. The number of carboxylic acids is 1. The molecule has 0 aromatic rings. The minimum atomic E-state index is -1.12. The topological polar surface area (TPSA) is 86.6 Å². The summed E-state index contributed by atoms with van der Waals surface area (Å²) in [6.45, 7) is 3.10. The molecule has 0 aliphatic rings. The smallest absolute Gasteiger partial charge is 0.322 e. The molecule has 0 heterocycles. The Morgan fingerprint density at radius 2 is 2.07 bits per heavy atom. The molecule has 0 radical (unpaired) electrons. The summed E-state index contributed by atoms with van der Waals surface area (Å²) in [4.78, 5) is 21.2. The van der Waals surface area contributed by atoms with Crippen molar-refractivity contribution in [3.05, 3.63) is 12.7 Å². The highest BCUT2D eigenvalue weighted by Crippen LogP contribution is 2.03. The molecule has 0 aromatic carbocycles. The Morgan fingerprint density at radius 1 is 1.40 bits per heavy atom. The van der Waals surface area contributed by atoms with E-state index >= 15 is 0 Å². The minimum Gasteiger partial charge on any atom is -0.480 e. The summed E-state index contributed by atoms with van der Waals surface area (Å²) in [5.74, 6) is -1.75. The molecule has 1 unspecified atom stereocenters. The fourth-order valence-corrected chi connectivity index (χ4v) is 1.04. The van der Waals surface area contributed by atoms with E-state index in [1.807, 2.05) is 0 Å². The number of aliphatic carboxylic acids is 1. The summed E-state index contributed by atoms with van der Waals surface area (Å²) >= 11 is 0. The van der Waals surface area contributed by atoms with Crippen molar-refractivity contribution in [2.45, 2.75) is 31.8 Å². The van der Waals surface area contributed by atoms with Gasteiger partial charge in [0.15, 0.2) is 0 Å². The molecule has 0 aromatic heterocycles. The summed E-state index contributed by atoms with van der Waals surface area (Å²) in [6.07, 6.45) is 3.44. The fraction of sp³-hybridized carbons (Fsp3) is 0.600. The van der Waals surface area contributed by atoms with Gasteiger partial charge in [-0.1, -0.05) is 12.5 Å². The number of amides is 1. The van der Waals surface area contributed by atoms with Gasteiger partial charge in [0.1, 0.15) is 12.6 Å². The maximum Gasteiger partial charge on any atom is 0.322 e. The van der Waals surface area contributed by atoms with Gasteiger partial charge in [-0.15, -0.1) is 6.58 Å². The SMILES string of the molecule is C=CCCCCC(O)C(=O)NCC(=O)O. The van der Waals surface area contributed by atoms with Crippen molar-refractivity contribution in [2.24, 2.45) is 0 Å². The van der Waals surface area contributed by atoms with Gasteiger partial charge in [-0.05, 0) is 19.3 Å². The van der Waals surface area contributed by atoms with Gasteiger partial charge < -0.3 is 15.5 Å². The number of allylic oxidation sites excluding steroid dienone is 1. The lowest BCUT2D eigenvalue weighted by atomic mass is 10.1. The Morgan fingerprint density at radius 3 is 2.60 bits per heavy atom. The first kappa shape index (κ1) is 13.6. The number of rotatable bonds is 8. The predicted molar refractivity (Wildman–Crippen MR) is 55.3 cm³/mol. The lowest BCUT2D eigenvalue weighted by Gasteiger charge is -2.09. The van der Waals surface area contributed by atoms with Gasteiger partial charge in [-0.25, -0.2) is 0 Å². The van der Waals surface area contributed by atoms with Crippen molar-refractivity contribution in [1.82, 2.24) is 5.32 Å². The van der Waals surface area contributed by atoms with Gasteiger partial charge in [-0.2, -0.15) is 0 Å². The lowest BCUT2D eigenvalue weighted by Crippen LogP contribution is -2.37. The number of unbranched alkanes of at least 4 members (excludes halogenated alkanes) is 2. The van der Waals surface area contributed by atoms with Crippen LogP contribution in [0, 0.1) is 0 Å². The summed E-state index contributed by atoms with van der Waals surface area (Å²) < 4.78 is 0. The summed E-state index contributed by atoms with van der Waals surface area (Å²) in [5, 5.41) is 19.7. The van der Waals surface area contributed by atoms with Crippen molar-refractivity contribution < 1.29 is 19.8 Å². The number of aliphatic hydroxyl groups excluding tert-OH is 1. The van der Waals surface area contributed by atoms with E-state index in [1.54, 1.807) is 6.08 Å². The molecule has 5 heteroatoms. The molecule has 5 nitrogen and oxygen atoms in total. The standard InChI is InChI=1S/C10H17NO4/c1-2-3-4-5-6-8(12)10(15)11-7-9(13)14/h2,8,12H,1,3-7H2,(H,11,15)(H,13,14). The predicted octanol–water partition coefficient (Wildman–Crippen LogP) is 0.294. The Labute approximate surface area is 88.8 Å². The second-order valence-corrected chi connectivity index (χ2v) is 3.20. The van der Waals surface area contributed by atoms with E-state index in [1.165, 1.54) is 0 Å². The van der Waals surface area contributed by atoms with Crippen LogP contribution in [0.5, 0.6) is 0 Å². The molecule has 1 atom stereocenters. The van der Waals surface area contributed by atoms with Crippen molar-refractivity contribution in [2.75, 3.05) is 6.54 Å². The zero-order chi connectivity index (χ0) is 11.7. The van der Waals surface area contributed by atoms with Crippen LogP contribution < -0.4 is 5.32 Å². The monoisotopic (exact) mass is 215 g/mol. The first-order valence-electron chi connectivity index (χ1n) is 4.86. The maximum atomic E-state index is 11.1.